The molecule has 1 aliphatic rings. The molecule has 0 fully saturated rings. The highest BCUT2D eigenvalue weighted by molar-refractivity contribution is 6.06. The van der Waals surface area contributed by atoms with Crippen LogP contribution in [0, 0.1) is 11.8 Å². The SMILES string of the molecule is COc1cc2c(O)cc3c(c2cc1OC)-c1ccc(C#Cc2ccccc2)cc1C3(C)C. The molecule has 0 unspecified atom stereocenters. The first-order valence-corrected chi connectivity index (χ1v) is 10.6. The van der Waals surface area contributed by atoms with Gasteiger partial charge in [-0.05, 0) is 70.1 Å². The van der Waals surface area contributed by atoms with Gasteiger partial charge in [0.15, 0.2) is 11.5 Å². The first-order chi connectivity index (χ1) is 15.4. The van der Waals surface area contributed by atoms with Crippen LogP contribution in [0.4, 0.5) is 0 Å². The average molecular weight is 421 g/mol. The molecular weight excluding hydrogens is 396 g/mol. The second kappa shape index (κ2) is 7.35. The van der Waals surface area contributed by atoms with Gasteiger partial charge in [0, 0.05) is 21.9 Å². The maximum atomic E-state index is 10.9. The molecule has 1 N–H and O–H groups in total. The van der Waals surface area contributed by atoms with E-state index in [1.54, 1.807) is 14.2 Å². The number of hydrogen-bond donors (Lipinski definition) is 1. The van der Waals surface area contributed by atoms with Crippen LogP contribution in [0.15, 0.2) is 66.7 Å². The molecule has 3 nitrogen and oxygen atoms in total. The molecule has 158 valence electrons. The summed E-state index contributed by atoms with van der Waals surface area (Å²) in [4.78, 5) is 0. The Hall–Kier alpha value is -3.90. The Bertz CT molecular complexity index is 1420. The molecule has 0 amide bonds. The average Bonchev–Trinajstić information content (AvgIpc) is 3.04. The van der Waals surface area contributed by atoms with Crippen molar-refractivity contribution >= 4 is 10.8 Å². The van der Waals surface area contributed by atoms with Crippen molar-refractivity contribution in [3.8, 4) is 40.2 Å². The molecule has 5 rings (SSSR count). The van der Waals surface area contributed by atoms with Crippen LogP contribution in [0.1, 0.15) is 36.1 Å². The highest BCUT2D eigenvalue weighted by Crippen LogP contribution is 2.54. The van der Waals surface area contributed by atoms with E-state index in [2.05, 4.69) is 43.9 Å². The number of phenolic OH excluding ortho intramolecular Hbond substituents is 1. The quantitative estimate of drug-likeness (QED) is 0.389. The van der Waals surface area contributed by atoms with Crippen LogP contribution in [0.25, 0.3) is 21.9 Å². The summed E-state index contributed by atoms with van der Waals surface area (Å²) >= 11 is 0. The van der Waals surface area contributed by atoms with E-state index in [4.69, 9.17) is 9.47 Å². The second-order valence-electron chi connectivity index (χ2n) is 8.57. The Kier molecular flexibility index (Phi) is 4.60. The molecule has 32 heavy (non-hydrogen) atoms. The first-order valence-electron chi connectivity index (χ1n) is 10.6. The van der Waals surface area contributed by atoms with E-state index in [9.17, 15) is 5.11 Å². The Morgan fingerprint density at radius 1 is 0.719 bits per heavy atom. The van der Waals surface area contributed by atoms with Gasteiger partial charge in [0.2, 0.25) is 0 Å². The van der Waals surface area contributed by atoms with E-state index in [1.807, 2.05) is 48.5 Å². The molecule has 0 aliphatic heterocycles. The summed E-state index contributed by atoms with van der Waals surface area (Å²) in [6, 6.07) is 22.1. The molecule has 4 aromatic rings. The third-order valence-electron chi connectivity index (χ3n) is 6.38. The Balaban J connectivity index is 1.72. The summed E-state index contributed by atoms with van der Waals surface area (Å²) in [5.41, 5.74) is 6.28. The number of phenols is 1. The molecule has 1 aliphatic carbocycles. The van der Waals surface area contributed by atoms with Gasteiger partial charge >= 0.3 is 0 Å². The predicted molar refractivity (Wildman–Crippen MR) is 129 cm³/mol. The van der Waals surface area contributed by atoms with E-state index in [0.29, 0.717) is 11.5 Å². The lowest BCUT2D eigenvalue weighted by Crippen LogP contribution is -2.15. The number of rotatable bonds is 2. The van der Waals surface area contributed by atoms with Crippen molar-refractivity contribution in [1.29, 1.82) is 0 Å². The first kappa shape index (κ1) is 20.0. The smallest absolute Gasteiger partial charge is 0.161 e. The van der Waals surface area contributed by atoms with Crippen LogP contribution in [-0.2, 0) is 5.41 Å². The molecule has 0 heterocycles. The summed E-state index contributed by atoms with van der Waals surface area (Å²) in [6.07, 6.45) is 0. The van der Waals surface area contributed by atoms with Crippen molar-refractivity contribution < 1.29 is 14.6 Å². The number of methoxy groups -OCH3 is 2. The number of ether oxygens (including phenoxy) is 2. The lowest BCUT2D eigenvalue weighted by Gasteiger charge is -2.22. The van der Waals surface area contributed by atoms with Gasteiger partial charge < -0.3 is 14.6 Å². The molecule has 0 saturated carbocycles. The van der Waals surface area contributed by atoms with Gasteiger partial charge in [0.25, 0.3) is 0 Å². The standard InChI is InChI=1S/C29H24O3/c1-29(2)23-14-19(11-10-18-8-6-5-7-9-18)12-13-20(23)28-22-16-27(32-4)26(31-3)15-21(22)25(30)17-24(28)29/h5-9,12-17,30H,1-4H3. The molecule has 0 bridgehead atoms. The molecule has 0 radical (unpaired) electrons. The van der Waals surface area contributed by atoms with E-state index in [1.165, 1.54) is 5.56 Å². The fourth-order valence-electron chi connectivity index (χ4n) is 4.68. The third kappa shape index (κ3) is 2.99. The molecule has 3 heteroatoms. The summed E-state index contributed by atoms with van der Waals surface area (Å²) in [6.45, 7) is 4.39. The van der Waals surface area contributed by atoms with Gasteiger partial charge in [-0.25, -0.2) is 0 Å². The molecule has 0 atom stereocenters. The van der Waals surface area contributed by atoms with Crippen molar-refractivity contribution in [2.45, 2.75) is 19.3 Å². The minimum Gasteiger partial charge on any atom is -0.507 e. The summed E-state index contributed by atoms with van der Waals surface area (Å²) in [5, 5.41) is 12.6. The van der Waals surface area contributed by atoms with Gasteiger partial charge in [-0.15, -0.1) is 0 Å². The van der Waals surface area contributed by atoms with Crippen LogP contribution in [0.3, 0.4) is 0 Å². The van der Waals surface area contributed by atoms with Crippen molar-refractivity contribution in [3.63, 3.8) is 0 Å². The van der Waals surface area contributed by atoms with Gasteiger partial charge in [-0.2, -0.15) is 0 Å². The number of fused-ring (bicyclic) bond motifs is 5. The monoisotopic (exact) mass is 420 g/mol. The molecule has 0 saturated heterocycles. The zero-order valence-electron chi connectivity index (χ0n) is 18.6. The number of aromatic hydroxyl groups is 1. The van der Waals surface area contributed by atoms with E-state index < -0.39 is 0 Å². The fraction of sp³-hybridized carbons (Fsp3) is 0.172. The summed E-state index contributed by atoms with van der Waals surface area (Å²) in [7, 11) is 3.23. The normalized spacial score (nSPS) is 13.1. The van der Waals surface area contributed by atoms with E-state index in [-0.39, 0.29) is 11.2 Å². The molecule has 4 aromatic carbocycles. The molecule has 0 spiro atoms. The molecule has 0 aromatic heterocycles. The lowest BCUT2D eigenvalue weighted by atomic mass is 9.81. The van der Waals surface area contributed by atoms with Crippen molar-refractivity contribution in [1.82, 2.24) is 0 Å². The highest BCUT2D eigenvalue weighted by Gasteiger charge is 2.37. The van der Waals surface area contributed by atoms with Gasteiger partial charge in [-0.1, -0.05) is 50.0 Å². The number of hydrogen-bond acceptors (Lipinski definition) is 3. The Morgan fingerprint density at radius 3 is 2.06 bits per heavy atom. The minimum absolute atomic E-state index is 0.240. The topological polar surface area (TPSA) is 38.7 Å². The zero-order valence-corrected chi connectivity index (χ0v) is 18.6. The minimum atomic E-state index is -0.270. The second-order valence-corrected chi connectivity index (χ2v) is 8.57. The van der Waals surface area contributed by atoms with Crippen LogP contribution < -0.4 is 9.47 Å². The largest absolute Gasteiger partial charge is 0.507 e. The van der Waals surface area contributed by atoms with Crippen molar-refractivity contribution in [2.24, 2.45) is 0 Å². The van der Waals surface area contributed by atoms with Crippen LogP contribution >= 0.6 is 0 Å². The third-order valence-corrected chi connectivity index (χ3v) is 6.38. The predicted octanol–water partition coefficient (Wildman–Crippen LogP) is 6.27. The van der Waals surface area contributed by atoms with Crippen molar-refractivity contribution in [2.75, 3.05) is 14.2 Å². The van der Waals surface area contributed by atoms with Crippen LogP contribution in [0.2, 0.25) is 0 Å². The summed E-state index contributed by atoms with van der Waals surface area (Å²) < 4.78 is 11.0. The summed E-state index contributed by atoms with van der Waals surface area (Å²) in [5.74, 6) is 8.03. The fourth-order valence-corrected chi connectivity index (χ4v) is 4.68. The van der Waals surface area contributed by atoms with Crippen LogP contribution in [-0.4, -0.2) is 19.3 Å². The van der Waals surface area contributed by atoms with Gasteiger partial charge in [0.1, 0.15) is 5.75 Å². The molecular formula is C29H24O3. The van der Waals surface area contributed by atoms with E-state index >= 15 is 0 Å². The van der Waals surface area contributed by atoms with Gasteiger partial charge in [0.05, 0.1) is 14.2 Å². The van der Waals surface area contributed by atoms with Crippen LogP contribution in [0.5, 0.6) is 17.2 Å². The van der Waals surface area contributed by atoms with Crippen molar-refractivity contribution in [3.05, 3.63) is 89.0 Å². The lowest BCUT2D eigenvalue weighted by molar-refractivity contribution is 0.355. The maximum absolute atomic E-state index is 10.9. The number of benzene rings is 4. The zero-order chi connectivity index (χ0) is 22.5. The van der Waals surface area contributed by atoms with E-state index in [0.717, 1.165) is 38.6 Å². The van der Waals surface area contributed by atoms with Gasteiger partial charge in [-0.3, -0.25) is 0 Å². The highest BCUT2D eigenvalue weighted by atomic mass is 16.5. The Morgan fingerprint density at radius 2 is 1.38 bits per heavy atom. The Labute approximate surface area is 188 Å². The maximum Gasteiger partial charge on any atom is 0.161 e.